The first-order valence-electron chi connectivity index (χ1n) is 4.14. The molecule has 0 aromatic heterocycles. The Bertz CT molecular complexity index is 111. The zero-order valence-corrected chi connectivity index (χ0v) is 8.06. The molecule has 13 heavy (non-hydrogen) atoms. The number of hydrogen-bond donors (Lipinski definition) is 3. The molecule has 0 aliphatic carbocycles. The van der Waals surface area contributed by atoms with Crippen LogP contribution in [0.2, 0.25) is 0 Å². The second-order valence-corrected chi connectivity index (χ2v) is 2.38. The van der Waals surface area contributed by atoms with Gasteiger partial charge in [-0.3, -0.25) is 4.79 Å². The van der Waals surface area contributed by atoms with Crippen molar-refractivity contribution in [3.63, 3.8) is 0 Å². The van der Waals surface area contributed by atoms with Crippen molar-refractivity contribution in [3.05, 3.63) is 0 Å². The number of carboxylic acids is 1. The fraction of sp³-hybridized carbons (Fsp3) is 0.875. The first kappa shape index (κ1) is 14.9. The van der Waals surface area contributed by atoms with Gasteiger partial charge >= 0.3 is 0 Å². The van der Waals surface area contributed by atoms with Crippen LogP contribution in [0.3, 0.4) is 0 Å². The summed E-state index contributed by atoms with van der Waals surface area (Å²) in [5.41, 5.74) is 0. The number of carboxylic acid groups (broad SMARTS) is 1. The van der Waals surface area contributed by atoms with Gasteiger partial charge in [-0.1, -0.05) is 13.3 Å². The van der Waals surface area contributed by atoms with Crippen molar-refractivity contribution in [2.45, 2.75) is 33.0 Å². The predicted octanol–water partition coefficient (Wildman–Crippen LogP) is 0.205. The highest BCUT2D eigenvalue weighted by molar-refractivity contribution is 5.62. The zero-order chi connectivity index (χ0) is 10.7. The highest BCUT2D eigenvalue weighted by Gasteiger charge is 1.98. The van der Waals surface area contributed by atoms with Gasteiger partial charge in [-0.05, 0) is 6.42 Å². The SMILES string of the molecule is CC(=O)O.CCCCOC(O)CO. The largest absolute Gasteiger partial charge is 0.481 e. The van der Waals surface area contributed by atoms with Gasteiger partial charge in [0.05, 0.1) is 6.61 Å². The summed E-state index contributed by atoms with van der Waals surface area (Å²) < 4.78 is 4.74. The Hall–Kier alpha value is -0.650. The molecule has 0 aromatic carbocycles. The average Bonchev–Trinajstić information content (AvgIpc) is 2.03. The quantitative estimate of drug-likeness (QED) is 0.430. The van der Waals surface area contributed by atoms with Gasteiger partial charge in [-0.15, -0.1) is 0 Å². The van der Waals surface area contributed by atoms with Crippen molar-refractivity contribution >= 4 is 5.97 Å². The molecular formula is C8H18O5. The van der Waals surface area contributed by atoms with Gasteiger partial charge in [0, 0.05) is 13.5 Å². The van der Waals surface area contributed by atoms with Gasteiger partial charge in [0.2, 0.25) is 0 Å². The molecule has 3 N–H and O–H groups in total. The van der Waals surface area contributed by atoms with Gasteiger partial charge in [0.1, 0.15) is 0 Å². The molecule has 5 nitrogen and oxygen atoms in total. The Kier molecular flexibility index (Phi) is 13.0. The van der Waals surface area contributed by atoms with Gasteiger partial charge in [0.15, 0.2) is 6.29 Å². The van der Waals surface area contributed by atoms with Gasteiger partial charge in [-0.2, -0.15) is 0 Å². The van der Waals surface area contributed by atoms with E-state index >= 15 is 0 Å². The fourth-order valence-corrected chi connectivity index (χ4v) is 0.416. The van der Waals surface area contributed by atoms with Crippen LogP contribution in [0, 0.1) is 0 Å². The predicted molar refractivity (Wildman–Crippen MR) is 47.3 cm³/mol. The molecular weight excluding hydrogens is 176 g/mol. The topological polar surface area (TPSA) is 87.0 Å². The van der Waals surface area contributed by atoms with E-state index in [1.165, 1.54) is 0 Å². The second-order valence-electron chi connectivity index (χ2n) is 2.38. The summed E-state index contributed by atoms with van der Waals surface area (Å²) in [6, 6.07) is 0. The second kappa shape index (κ2) is 11.4. The standard InChI is InChI=1S/C6H14O3.C2H4O2/c1-2-3-4-9-6(8)5-7;1-2(3)4/h6-8H,2-5H2,1H3;1H3,(H,3,4). The van der Waals surface area contributed by atoms with Crippen LogP contribution in [0.4, 0.5) is 0 Å². The van der Waals surface area contributed by atoms with E-state index in [9.17, 15) is 0 Å². The van der Waals surface area contributed by atoms with E-state index in [-0.39, 0.29) is 6.61 Å². The molecule has 0 heterocycles. The number of hydrogen-bond acceptors (Lipinski definition) is 4. The Morgan fingerprint density at radius 2 is 2.00 bits per heavy atom. The number of carbonyl (C=O) groups is 1. The molecule has 0 saturated carbocycles. The third kappa shape index (κ3) is 24.6. The molecule has 0 aromatic rings. The summed E-state index contributed by atoms with van der Waals surface area (Å²) in [7, 11) is 0. The molecule has 0 fully saturated rings. The van der Waals surface area contributed by atoms with E-state index in [2.05, 4.69) is 0 Å². The lowest BCUT2D eigenvalue weighted by molar-refractivity contribution is -0.134. The Balaban J connectivity index is 0. The van der Waals surface area contributed by atoms with Crippen LogP contribution < -0.4 is 0 Å². The number of aliphatic carboxylic acids is 1. The molecule has 0 rings (SSSR count). The van der Waals surface area contributed by atoms with Crippen LogP contribution in [0.15, 0.2) is 0 Å². The van der Waals surface area contributed by atoms with Crippen LogP contribution in [0.25, 0.3) is 0 Å². The van der Waals surface area contributed by atoms with Crippen molar-refractivity contribution < 1.29 is 24.9 Å². The van der Waals surface area contributed by atoms with Crippen molar-refractivity contribution in [2.24, 2.45) is 0 Å². The maximum absolute atomic E-state index is 9.00. The lowest BCUT2D eigenvalue weighted by Crippen LogP contribution is -2.16. The minimum Gasteiger partial charge on any atom is -0.481 e. The lowest BCUT2D eigenvalue weighted by atomic mass is 10.4. The molecule has 80 valence electrons. The Labute approximate surface area is 78.0 Å². The molecule has 0 aliphatic rings. The third-order valence-corrected chi connectivity index (χ3v) is 0.964. The number of aliphatic hydroxyl groups is 2. The van der Waals surface area contributed by atoms with Crippen LogP contribution in [-0.2, 0) is 9.53 Å². The van der Waals surface area contributed by atoms with Gasteiger partial charge < -0.3 is 20.1 Å². The van der Waals surface area contributed by atoms with E-state index in [0.29, 0.717) is 6.61 Å². The molecule has 0 spiro atoms. The van der Waals surface area contributed by atoms with E-state index < -0.39 is 12.3 Å². The molecule has 0 aliphatic heterocycles. The summed E-state index contributed by atoms with van der Waals surface area (Å²) in [6.07, 6.45) is 0.978. The van der Waals surface area contributed by atoms with Gasteiger partial charge in [-0.25, -0.2) is 0 Å². The molecule has 1 unspecified atom stereocenters. The molecule has 1 atom stereocenters. The summed E-state index contributed by atoms with van der Waals surface area (Å²) in [6.45, 7) is 3.33. The summed E-state index contributed by atoms with van der Waals surface area (Å²) in [4.78, 5) is 9.00. The van der Waals surface area contributed by atoms with E-state index in [0.717, 1.165) is 19.8 Å². The minimum atomic E-state index is -0.989. The Morgan fingerprint density at radius 3 is 2.31 bits per heavy atom. The van der Waals surface area contributed by atoms with Crippen LogP contribution in [0.5, 0.6) is 0 Å². The van der Waals surface area contributed by atoms with Gasteiger partial charge in [0.25, 0.3) is 5.97 Å². The number of aliphatic hydroxyl groups excluding tert-OH is 2. The van der Waals surface area contributed by atoms with Crippen molar-refractivity contribution in [1.82, 2.24) is 0 Å². The third-order valence-electron chi connectivity index (χ3n) is 0.964. The number of unbranched alkanes of at least 4 members (excludes halogenated alkanes) is 1. The first-order valence-corrected chi connectivity index (χ1v) is 4.14. The normalized spacial score (nSPS) is 11.4. The first-order chi connectivity index (χ1) is 6.04. The van der Waals surface area contributed by atoms with Crippen LogP contribution in [0.1, 0.15) is 26.7 Å². The molecule has 0 amide bonds. The summed E-state index contributed by atoms with van der Waals surface area (Å²) in [5.74, 6) is -0.833. The molecule has 0 radical (unpaired) electrons. The lowest BCUT2D eigenvalue weighted by Gasteiger charge is -2.06. The number of ether oxygens (including phenoxy) is 1. The van der Waals surface area contributed by atoms with Crippen molar-refractivity contribution in [2.75, 3.05) is 13.2 Å². The molecule has 5 heteroatoms. The average molecular weight is 194 g/mol. The fourth-order valence-electron chi connectivity index (χ4n) is 0.416. The smallest absolute Gasteiger partial charge is 0.300 e. The van der Waals surface area contributed by atoms with Crippen LogP contribution >= 0.6 is 0 Å². The highest BCUT2D eigenvalue weighted by Crippen LogP contribution is 1.90. The monoisotopic (exact) mass is 194 g/mol. The number of rotatable bonds is 5. The minimum absolute atomic E-state index is 0.316. The maximum atomic E-state index is 9.00. The van der Waals surface area contributed by atoms with E-state index in [1.807, 2.05) is 6.92 Å². The van der Waals surface area contributed by atoms with Crippen molar-refractivity contribution in [1.29, 1.82) is 0 Å². The summed E-state index contributed by atoms with van der Waals surface area (Å²) in [5, 5.41) is 24.3. The highest BCUT2D eigenvalue weighted by atomic mass is 16.6. The zero-order valence-electron chi connectivity index (χ0n) is 8.06. The van der Waals surface area contributed by atoms with Crippen LogP contribution in [-0.4, -0.2) is 40.8 Å². The summed E-state index contributed by atoms with van der Waals surface area (Å²) >= 11 is 0. The molecule has 0 saturated heterocycles. The van der Waals surface area contributed by atoms with Crippen molar-refractivity contribution in [3.8, 4) is 0 Å². The van der Waals surface area contributed by atoms with E-state index in [4.69, 9.17) is 24.9 Å². The maximum Gasteiger partial charge on any atom is 0.300 e. The molecule has 0 bridgehead atoms. The Morgan fingerprint density at radius 1 is 1.54 bits per heavy atom. The van der Waals surface area contributed by atoms with E-state index in [1.54, 1.807) is 0 Å².